The fraction of sp³-hybridized carbons (Fsp3) is 0.667. The van der Waals surface area contributed by atoms with Gasteiger partial charge in [-0.25, -0.2) is 0 Å². The van der Waals surface area contributed by atoms with Gasteiger partial charge in [0.05, 0.1) is 6.54 Å². The lowest BCUT2D eigenvalue weighted by atomic mass is 10.1. The number of hydrogen-bond acceptors (Lipinski definition) is 4. The summed E-state index contributed by atoms with van der Waals surface area (Å²) in [6, 6.07) is 1.97. The molecule has 0 radical (unpaired) electrons. The number of rotatable bonds is 4. The molecule has 1 atom stereocenters. The molecule has 132 valence electrons. The van der Waals surface area contributed by atoms with Gasteiger partial charge in [0.25, 0.3) is 5.91 Å². The van der Waals surface area contributed by atoms with Gasteiger partial charge in [-0.1, -0.05) is 0 Å². The monoisotopic (exact) mass is 333 g/mol. The van der Waals surface area contributed by atoms with Crippen molar-refractivity contribution in [2.75, 3.05) is 39.3 Å². The van der Waals surface area contributed by atoms with Crippen LogP contribution in [0.1, 0.15) is 34.6 Å². The third kappa shape index (κ3) is 3.39. The number of carbonyl (C=O) groups excluding carboxylic acids is 2. The summed E-state index contributed by atoms with van der Waals surface area (Å²) in [6.07, 6.45) is 1.57. The number of aromatic nitrogens is 1. The number of carbonyl (C=O) groups is 2. The lowest BCUT2D eigenvalue weighted by Gasteiger charge is -2.35. The van der Waals surface area contributed by atoms with E-state index in [2.05, 4.69) is 4.90 Å². The lowest BCUT2D eigenvalue weighted by Crippen LogP contribution is -2.52. The standard InChI is InChI=1S/C18H27N3O3/c1-13-11-15(14(2)19(13)3)16(22)12-20-6-8-21(9-7-20)18(23)17-5-4-10-24-17/h11,17H,4-10,12H2,1-3H3. The number of Topliss-reactive ketones (excluding diaryl/α,β-unsaturated/α-hetero) is 1. The van der Waals surface area contributed by atoms with Gasteiger partial charge in [-0.15, -0.1) is 0 Å². The van der Waals surface area contributed by atoms with Gasteiger partial charge in [0.15, 0.2) is 5.78 Å². The Bertz CT molecular complexity index is 624. The van der Waals surface area contributed by atoms with Crippen LogP contribution in [0.5, 0.6) is 0 Å². The van der Waals surface area contributed by atoms with Crippen LogP contribution < -0.4 is 0 Å². The van der Waals surface area contributed by atoms with Crippen LogP contribution in [0.4, 0.5) is 0 Å². The zero-order valence-electron chi connectivity index (χ0n) is 14.9. The first-order valence-corrected chi connectivity index (χ1v) is 8.76. The molecule has 24 heavy (non-hydrogen) atoms. The minimum Gasteiger partial charge on any atom is -0.368 e. The van der Waals surface area contributed by atoms with E-state index in [4.69, 9.17) is 4.74 Å². The Kier molecular flexibility index (Phi) is 5.06. The fourth-order valence-electron chi connectivity index (χ4n) is 3.53. The summed E-state index contributed by atoms with van der Waals surface area (Å²) in [5.74, 6) is 0.281. The van der Waals surface area contributed by atoms with Crippen LogP contribution in [-0.4, -0.2) is 71.5 Å². The van der Waals surface area contributed by atoms with Gasteiger partial charge in [-0.2, -0.15) is 0 Å². The zero-order valence-corrected chi connectivity index (χ0v) is 14.9. The number of amides is 1. The van der Waals surface area contributed by atoms with Crippen LogP contribution in [0.15, 0.2) is 6.07 Å². The predicted molar refractivity (Wildman–Crippen MR) is 91.2 cm³/mol. The molecule has 3 rings (SSSR count). The van der Waals surface area contributed by atoms with Crippen LogP contribution >= 0.6 is 0 Å². The van der Waals surface area contributed by atoms with Crippen molar-refractivity contribution in [2.24, 2.45) is 7.05 Å². The Labute approximate surface area is 143 Å². The highest BCUT2D eigenvalue weighted by Crippen LogP contribution is 2.17. The molecule has 1 unspecified atom stereocenters. The lowest BCUT2D eigenvalue weighted by molar-refractivity contribution is -0.142. The Morgan fingerprint density at radius 2 is 1.92 bits per heavy atom. The van der Waals surface area contributed by atoms with Gasteiger partial charge in [0, 0.05) is 56.8 Å². The Morgan fingerprint density at radius 1 is 1.21 bits per heavy atom. The first-order chi connectivity index (χ1) is 11.5. The highest BCUT2D eigenvalue weighted by atomic mass is 16.5. The summed E-state index contributed by atoms with van der Waals surface area (Å²) in [7, 11) is 1.98. The summed E-state index contributed by atoms with van der Waals surface area (Å²) in [5, 5.41) is 0. The van der Waals surface area contributed by atoms with E-state index in [-0.39, 0.29) is 17.8 Å². The maximum Gasteiger partial charge on any atom is 0.251 e. The summed E-state index contributed by atoms with van der Waals surface area (Å²) in [4.78, 5) is 28.9. The van der Waals surface area contributed by atoms with Gasteiger partial charge in [-0.05, 0) is 32.8 Å². The number of hydrogen-bond donors (Lipinski definition) is 0. The number of ketones is 1. The van der Waals surface area contributed by atoms with Crippen molar-refractivity contribution in [1.82, 2.24) is 14.4 Å². The van der Waals surface area contributed by atoms with E-state index >= 15 is 0 Å². The van der Waals surface area contributed by atoms with E-state index in [1.807, 2.05) is 36.4 Å². The number of ether oxygens (including phenoxy) is 1. The number of aryl methyl sites for hydroxylation is 1. The van der Waals surface area contributed by atoms with Crippen molar-refractivity contribution in [2.45, 2.75) is 32.8 Å². The van der Waals surface area contributed by atoms with Gasteiger partial charge in [-0.3, -0.25) is 14.5 Å². The largest absolute Gasteiger partial charge is 0.368 e. The van der Waals surface area contributed by atoms with Crippen molar-refractivity contribution in [1.29, 1.82) is 0 Å². The van der Waals surface area contributed by atoms with Crippen molar-refractivity contribution in [3.8, 4) is 0 Å². The minimum absolute atomic E-state index is 0.119. The third-order valence-corrected chi connectivity index (χ3v) is 5.33. The van der Waals surface area contributed by atoms with Gasteiger partial charge in [0.2, 0.25) is 0 Å². The first kappa shape index (κ1) is 17.2. The molecule has 1 amide bonds. The Hall–Kier alpha value is -1.66. The van der Waals surface area contributed by atoms with E-state index < -0.39 is 0 Å². The maximum absolute atomic E-state index is 12.6. The molecule has 3 heterocycles. The second-order valence-corrected chi connectivity index (χ2v) is 6.87. The highest BCUT2D eigenvalue weighted by Gasteiger charge is 2.30. The van der Waals surface area contributed by atoms with Crippen molar-refractivity contribution < 1.29 is 14.3 Å². The van der Waals surface area contributed by atoms with E-state index in [1.165, 1.54) is 0 Å². The molecular formula is C18H27N3O3. The molecule has 0 N–H and O–H groups in total. The molecule has 0 spiro atoms. The summed E-state index contributed by atoms with van der Waals surface area (Å²) in [5.41, 5.74) is 2.93. The van der Waals surface area contributed by atoms with Crippen LogP contribution in [0, 0.1) is 13.8 Å². The topological polar surface area (TPSA) is 54.8 Å². The van der Waals surface area contributed by atoms with Crippen LogP contribution in [0.25, 0.3) is 0 Å². The van der Waals surface area contributed by atoms with Gasteiger partial charge >= 0.3 is 0 Å². The quantitative estimate of drug-likeness (QED) is 0.776. The molecule has 2 fully saturated rings. The van der Waals surface area contributed by atoms with E-state index in [0.29, 0.717) is 26.2 Å². The first-order valence-electron chi connectivity index (χ1n) is 8.76. The molecule has 0 aromatic carbocycles. The zero-order chi connectivity index (χ0) is 17.3. The second-order valence-electron chi connectivity index (χ2n) is 6.87. The summed E-state index contributed by atoms with van der Waals surface area (Å²) < 4.78 is 7.53. The highest BCUT2D eigenvalue weighted by molar-refractivity contribution is 5.99. The molecule has 0 saturated carbocycles. The molecule has 2 saturated heterocycles. The van der Waals surface area contributed by atoms with Crippen molar-refractivity contribution >= 4 is 11.7 Å². The van der Waals surface area contributed by atoms with E-state index in [1.54, 1.807) is 0 Å². The molecule has 0 aliphatic carbocycles. The maximum atomic E-state index is 12.6. The van der Waals surface area contributed by atoms with Crippen LogP contribution in [0.2, 0.25) is 0 Å². The smallest absolute Gasteiger partial charge is 0.251 e. The van der Waals surface area contributed by atoms with Gasteiger partial charge in [0.1, 0.15) is 6.10 Å². The molecule has 2 aliphatic heterocycles. The normalized spacial score (nSPS) is 22.1. The number of nitrogens with zero attached hydrogens (tertiary/aromatic N) is 3. The van der Waals surface area contributed by atoms with Crippen molar-refractivity contribution in [3.63, 3.8) is 0 Å². The molecule has 1 aromatic heterocycles. The summed E-state index contributed by atoms with van der Waals surface area (Å²) >= 11 is 0. The third-order valence-electron chi connectivity index (χ3n) is 5.33. The Morgan fingerprint density at radius 3 is 2.46 bits per heavy atom. The molecule has 6 nitrogen and oxygen atoms in total. The summed E-state index contributed by atoms with van der Waals surface area (Å²) in [6.45, 7) is 7.96. The minimum atomic E-state index is -0.242. The van der Waals surface area contributed by atoms with Crippen LogP contribution in [0.3, 0.4) is 0 Å². The van der Waals surface area contributed by atoms with Gasteiger partial charge < -0.3 is 14.2 Å². The van der Waals surface area contributed by atoms with E-state index in [9.17, 15) is 9.59 Å². The SMILES string of the molecule is Cc1cc(C(=O)CN2CCN(C(=O)C3CCCO3)CC2)c(C)n1C. The molecule has 6 heteroatoms. The fourth-order valence-corrected chi connectivity index (χ4v) is 3.53. The molecular weight excluding hydrogens is 306 g/mol. The number of piperazine rings is 1. The van der Waals surface area contributed by atoms with E-state index in [0.717, 1.165) is 42.9 Å². The molecule has 1 aromatic rings. The van der Waals surface area contributed by atoms with Crippen LogP contribution in [-0.2, 0) is 16.6 Å². The molecule has 2 aliphatic rings. The average molecular weight is 333 g/mol. The predicted octanol–water partition coefficient (Wildman–Crippen LogP) is 1.15. The Balaban J connectivity index is 1.52. The average Bonchev–Trinajstić information content (AvgIpc) is 3.20. The molecule has 0 bridgehead atoms. The second kappa shape index (κ2) is 7.07. The van der Waals surface area contributed by atoms with Crippen molar-refractivity contribution in [3.05, 3.63) is 23.0 Å².